The van der Waals surface area contributed by atoms with E-state index < -0.39 is 0 Å². The van der Waals surface area contributed by atoms with Crippen LogP contribution in [0.15, 0.2) is 30.3 Å². The molecule has 3 heteroatoms. The van der Waals surface area contributed by atoms with E-state index in [0.29, 0.717) is 5.54 Å². The van der Waals surface area contributed by atoms with E-state index in [1.54, 1.807) is 0 Å². The minimum atomic E-state index is 0.116. The molecule has 1 aliphatic heterocycles. The van der Waals surface area contributed by atoms with Crippen molar-refractivity contribution in [2.75, 3.05) is 31.6 Å². The van der Waals surface area contributed by atoms with Gasteiger partial charge in [-0.05, 0) is 44.4 Å². The summed E-state index contributed by atoms with van der Waals surface area (Å²) in [7, 11) is 0. The molecule has 0 bridgehead atoms. The van der Waals surface area contributed by atoms with Gasteiger partial charge in [0.1, 0.15) is 0 Å². The molecule has 2 unspecified atom stereocenters. The molecule has 1 aliphatic carbocycles. The summed E-state index contributed by atoms with van der Waals surface area (Å²) in [5.74, 6) is 2.10. The van der Waals surface area contributed by atoms with Crippen LogP contribution in [-0.4, -0.2) is 42.1 Å². The van der Waals surface area contributed by atoms with E-state index in [0.717, 1.165) is 12.5 Å². The first-order chi connectivity index (χ1) is 10.1. The fraction of sp³-hybridized carbons (Fsp3) is 0.667. The first-order valence-electron chi connectivity index (χ1n) is 8.13. The molecule has 2 fully saturated rings. The minimum Gasteiger partial charge on any atom is -0.308 e. The number of hydrogen-bond donors (Lipinski definition) is 1. The molecule has 3 rings (SSSR count). The Hall–Kier alpha value is -0.510. The Bertz CT molecular complexity index is 473. The second-order valence-electron chi connectivity index (χ2n) is 7.10. The van der Waals surface area contributed by atoms with E-state index >= 15 is 0 Å². The summed E-state index contributed by atoms with van der Waals surface area (Å²) in [4.78, 5) is 2.73. The van der Waals surface area contributed by atoms with Crippen molar-refractivity contribution in [3.8, 4) is 0 Å². The zero-order valence-electron chi connectivity index (χ0n) is 13.6. The zero-order chi connectivity index (χ0) is 14.9. The Labute approximate surface area is 133 Å². The maximum atomic E-state index is 3.90. The zero-order valence-corrected chi connectivity index (χ0v) is 14.4. The highest BCUT2D eigenvalue weighted by Gasteiger charge is 2.49. The lowest BCUT2D eigenvalue weighted by Crippen LogP contribution is -2.67. The Morgan fingerprint density at radius 1 is 1.24 bits per heavy atom. The summed E-state index contributed by atoms with van der Waals surface area (Å²) >= 11 is 1.95. The molecule has 1 saturated heterocycles. The number of benzene rings is 1. The first-order valence-corrected chi connectivity index (χ1v) is 9.52. The van der Waals surface area contributed by atoms with E-state index in [2.05, 4.69) is 60.7 Å². The summed E-state index contributed by atoms with van der Waals surface area (Å²) in [6.45, 7) is 8.24. The lowest BCUT2D eigenvalue weighted by atomic mass is 9.82. The summed E-state index contributed by atoms with van der Waals surface area (Å²) < 4.78 is 0. The van der Waals surface area contributed by atoms with Gasteiger partial charge in [0.25, 0.3) is 0 Å². The van der Waals surface area contributed by atoms with Crippen molar-refractivity contribution in [1.29, 1.82) is 0 Å². The van der Waals surface area contributed by atoms with Crippen LogP contribution in [0.5, 0.6) is 0 Å². The van der Waals surface area contributed by atoms with Gasteiger partial charge in [-0.15, -0.1) is 0 Å². The summed E-state index contributed by atoms with van der Waals surface area (Å²) in [5.41, 5.74) is 1.87. The third kappa shape index (κ3) is 3.01. The summed E-state index contributed by atoms with van der Waals surface area (Å²) in [6.07, 6.45) is 5.02. The first kappa shape index (κ1) is 15.4. The second kappa shape index (κ2) is 5.94. The van der Waals surface area contributed by atoms with Gasteiger partial charge < -0.3 is 5.32 Å². The van der Waals surface area contributed by atoms with Crippen LogP contribution in [0, 0.1) is 5.92 Å². The molecule has 0 spiro atoms. The van der Waals surface area contributed by atoms with Crippen LogP contribution in [-0.2, 0) is 5.54 Å². The number of thioether (sulfide) groups is 1. The smallest absolute Gasteiger partial charge is 0.0558 e. The van der Waals surface area contributed by atoms with Crippen molar-refractivity contribution < 1.29 is 0 Å². The molecule has 0 aromatic heterocycles. The molecule has 1 aromatic carbocycles. The molecule has 1 aromatic rings. The maximum absolute atomic E-state index is 3.90. The molecular weight excluding hydrogens is 276 g/mol. The van der Waals surface area contributed by atoms with Crippen molar-refractivity contribution >= 4 is 11.8 Å². The van der Waals surface area contributed by atoms with Crippen molar-refractivity contribution in [2.45, 2.75) is 37.8 Å². The SMILES string of the molecule is CSCCN1CC(C)(C2CC2)NCC1(C)c1ccccc1. The molecule has 2 atom stereocenters. The number of rotatable bonds is 5. The van der Waals surface area contributed by atoms with E-state index in [9.17, 15) is 0 Å². The highest BCUT2D eigenvalue weighted by atomic mass is 32.2. The van der Waals surface area contributed by atoms with Gasteiger partial charge in [0, 0.05) is 30.9 Å². The second-order valence-corrected chi connectivity index (χ2v) is 8.09. The van der Waals surface area contributed by atoms with Gasteiger partial charge in [0.2, 0.25) is 0 Å². The minimum absolute atomic E-state index is 0.116. The molecule has 2 aliphatic rings. The standard InChI is InChI=1S/C18H28N2S/c1-17(15-9-10-15)14-20(11-12-21-3)18(2,13-19-17)16-7-5-4-6-8-16/h4-8,15,19H,9-14H2,1-3H3. The van der Waals surface area contributed by atoms with Crippen molar-refractivity contribution in [3.05, 3.63) is 35.9 Å². The monoisotopic (exact) mass is 304 g/mol. The van der Waals surface area contributed by atoms with Crippen molar-refractivity contribution in [1.82, 2.24) is 10.2 Å². The third-order valence-electron chi connectivity index (χ3n) is 5.49. The van der Waals surface area contributed by atoms with Crippen LogP contribution in [0.25, 0.3) is 0 Å². The van der Waals surface area contributed by atoms with Crippen LogP contribution < -0.4 is 5.32 Å². The number of nitrogens with zero attached hydrogens (tertiary/aromatic N) is 1. The van der Waals surface area contributed by atoms with E-state index in [1.807, 2.05) is 11.8 Å². The van der Waals surface area contributed by atoms with Gasteiger partial charge in [0.05, 0.1) is 5.54 Å². The van der Waals surface area contributed by atoms with E-state index in [-0.39, 0.29) is 5.54 Å². The molecule has 21 heavy (non-hydrogen) atoms. The average Bonchev–Trinajstić information content (AvgIpc) is 3.35. The molecule has 116 valence electrons. The normalized spacial score (nSPS) is 34.0. The van der Waals surface area contributed by atoms with Gasteiger partial charge >= 0.3 is 0 Å². The highest BCUT2D eigenvalue weighted by Crippen LogP contribution is 2.44. The highest BCUT2D eigenvalue weighted by molar-refractivity contribution is 7.98. The van der Waals surface area contributed by atoms with E-state index in [4.69, 9.17) is 0 Å². The topological polar surface area (TPSA) is 15.3 Å². The maximum Gasteiger partial charge on any atom is 0.0558 e. The molecule has 0 amide bonds. The molecule has 1 N–H and O–H groups in total. The van der Waals surface area contributed by atoms with Crippen LogP contribution in [0.4, 0.5) is 0 Å². The van der Waals surface area contributed by atoms with Crippen LogP contribution in [0.3, 0.4) is 0 Å². The Morgan fingerprint density at radius 3 is 2.57 bits per heavy atom. The molecular formula is C18H28N2S. The number of piperazine rings is 1. The predicted molar refractivity (Wildman–Crippen MR) is 92.9 cm³/mol. The fourth-order valence-electron chi connectivity index (χ4n) is 3.72. The summed E-state index contributed by atoms with van der Waals surface area (Å²) in [5, 5.41) is 3.90. The third-order valence-corrected chi connectivity index (χ3v) is 6.08. The Morgan fingerprint density at radius 2 is 1.95 bits per heavy atom. The Balaban J connectivity index is 1.85. The molecule has 1 saturated carbocycles. The lowest BCUT2D eigenvalue weighted by molar-refractivity contribution is 0.0154. The molecule has 0 radical (unpaired) electrons. The average molecular weight is 305 g/mol. The predicted octanol–water partition coefficient (Wildman–Crippen LogP) is 3.34. The fourth-order valence-corrected chi connectivity index (χ4v) is 4.12. The molecule has 1 heterocycles. The van der Waals surface area contributed by atoms with Gasteiger partial charge in [-0.3, -0.25) is 4.90 Å². The van der Waals surface area contributed by atoms with Crippen molar-refractivity contribution in [2.24, 2.45) is 5.92 Å². The van der Waals surface area contributed by atoms with Crippen molar-refractivity contribution in [3.63, 3.8) is 0 Å². The quantitative estimate of drug-likeness (QED) is 0.898. The van der Waals surface area contributed by atoms with Crippen LogP contribution in [0.2, 0.25) is 0 Å². The van der Waals surface area contributed by atoms with Gasteiger partial charge in [-0.2, -0.15) is 11.8 Å². The molecule has 2 nitrogen and oxygen atoms in total. The van der Waals surface area contributed by atoms with Crippen LogP contribution >= 0.6 is 11.8 Å². The number of hydrogen-bond acceptors (Lipinski definition) is 3. The van der Waals surface area contributed by atoms with E-state index in [1.165, 1.54) is 37.2 Å². The number of nitrogens with one attached hydrogen (secondary N) is 1. The van der Waals surface area contributed by atoms with Gasteiger partial charge in [-0.1, -0.05) is 30.3 Å². The largest absolute Gasteiger partial charge is 0.308 e. The van der Waals surface area contributed by atoms with Gasteiger partial charge in [0.15, 0.2) is 0 Å². The van der Waals surface area contributed by atoms with Gasteiger partial charge in [-0.25, -0.2) is 0 Å². The lowest BCUT2D eigenvalue weighted by Gasteiger charge is -2.53. The van der Waals surface area contributed by atoms with Crippen LogP contribution in [0.1, 0.15) is 32.3 Å². The summed E-state index contributed by atoms with van der Waals surface area (Å²) in [6, 6.07) is 11.0. The Kier molecular flexibility index (Phi) is 4.35.